The minimum atomic E-state index is -0.174. The van der Waals surface area contributed by atoms with Gasteiger partial charge in [0.15, 0.2) is 0 Å². The fraction of sp³-hybridized carbons (Fsp3) is 0.370. The van der Waals surface area contributed by atoms with E-state index in [1.807, 2.05) is 35.2 Å². The zero-order valence-electron chi connectivity index (χ0n) is 19.6. The molecule has 3 heterocycles. The second-order valence-corrected chi connectivity index (χ2v) is 10.4. The Morgan fingerprint density at radius 2 is 1.79 bits per heavy atom. The van der Waals surface area contributed by atoms with Gasteiger partial charge >= 0.3 is 0 Å². The lowest BCUT2D eigenvalue weighted by atomic mass is 9.90. The SMILES string of the molecule is CC1CCN(C(=O)c2ccc(-c3c[nH]c(=O)c(-c4ccnc(C(C)(C)C)c4)c3)c(Cl)c2)CC1. The number of aromatic nitrogens is 2. The van der Waals surface area contributed by atoms with Crippen LogP contribution in [0.2, 0.25) is 5.02 Å². The number of aromatic amines is 1. The number of hydrogen-bond acceptors (Lipinski definition) is 3. The zero-order chi connectivity index (χ0) is 23.8. The number of H-pyrrole nitrogens is 1. The molecule has 0 saturated carbocycles. The van der Waals surface area contributed by atoms with E-state index in [2.05, 4.69) is 37.7 Å². The van der Waals surface area contributed by atoms with Gasteiger partial charge in [-0.05, 0) is 54.7 Å². The van der Waals surface area contributed by atoms with Crippen molar-refractivity contribution in [3.8, 4) is 22.3 Å². The average molecular weight is 464 g/mol. The molecule has 5 nitrogen and oxygen atoms in total. The average Bonchev–Trinajstić information content (AvgIpc) is 2.79. The van der Waals surface area contributed by atoms with Gasteiger partial charge in [0.25, 0.3) is 11.5 Å². The molecule has 172 valence electrons. The number of nitrogens with zero attached hydrogens (tertiary/aromatic N) is 2. The van der Waals surface area contributed by atoms with Gasteiger partial charge in [-0.1, -0.05) is 45.4 Å². The van der Waals surface area contributed by atoms with Crippen LogP contribution in [0.15, 0.2) is 53.6 Å². The molecule has 0 aliphatic carbocycles. The van der Waals surface area contributed by atoms with Crippen molar-refractivity contribution in [2.45, 2.75) is 46.0 Å². The predicted octanol–water partition coefficient (Wildman–Crippen LogP) is 5.93. The lowest BCUT2D eigenvalue weighted by Gasteiger charge is -2.30. The number of hydrogen-bond donors (Lipinski definition) is 1. The highest BCUT2D eigenvalue weighted by atomic mass is 35.5. The van der Waals surface area contributed by atoms with Crippen LogP contribution >= 0.6 is 11.6 Å². The summed E-state index contributed by atoms with van der Waals surface area (Å²) < 4.78 is 0. The quantitative estimate of drug-likeness (QED) is 0.523. The summed E-state index contributed by atoms with van der Waals surface area (Å²) in [5.41, 5.74) is 4.12. The maximum Gasteiger partial charge on any atom is 0.255 e. The van der Waals surface area contributed by atoms with Gasteiger partial charge in [-0.25, -0.2) is 0 Å². The van der Waals surface area contributed by atoms with Gasteiger partial charge in [0.05, 0.1) is 0 Å². The predicted molar refractivity (Wildman–Crippen MR) is 134 cm³/mol. The summed E-state index contributed by atoms with van der Waals surface area (Å²) in [7, 11) is 0. The van der Waals surface area contributed by atoms with Crippen molar-refractivity contribution in [3.63, 3.8) is 0 Å². The number of halogens is 1. The lowest BCUT2D eigenvalue weighted by Crippen LogP contribution is -2.37. The van der Waals surface area contributed by atoms with E-state index in [0.717, 1.165) is 48.3 Å². The summed E-state index contributed by atoms with van der Waals surface area (Å²) in [4.78, 5) is 34.7. The molecule has 6 heteroatoms. The number of rotatable bonds is 3. The van der Waals surface area contributed by atoms with Crippen LogP contribution in [-0.2, 0) is 5.41 Å². The van der Waals surface area contributed by atoms with E-state index in [1.54, 1.807) is 18.5 Å². The molecule has 0 bridgehead atoms. The van der Waals surface area contributed by atoms with Crippen molar-refractivity contribution in [2.24, 2.45) is 5.92 Å². The van der Waals surface area contributed by atoms with Crippen LogP contribution in [0.3, 0.4) is 0 Å². The molecule has 3 aromatic rings. The Labute approximate surface area is 199 Å². The molecule has 1 amide bonds. The third-order valence-electron chi connectivity index (χ3n) is 6.34. The fourth-order valence-corrected chi connectivity index (χ4v) is 4.43. The Bertz CT molecular complexity index is 1230. The highest BCUT2D eigenvalue weighted by Crippen LogP contribution is 2.31. The monoisotopic (exact) mass is 463 g/mol. The number of pyridine rings is 2. The van der Waals surface area contributed by atoms with Crippen molar-refractivity contribution in [3.05, 3.63) is 75.4 Å². The molecule has 1 aliphatic heterocycles. The number of carbonyl (C=O) groups is 1. The van der Waals surface area contributed by atoms with Crippen LogP contribution in [0.1, 0.15) is 56.6 Å². The summed E-state index contributed by atoms with van der Waals surface area (Å²) >= 11 is 6.62. The number of piperidine rings is 1. The summed E-state index contributed by atoms with van der Waals surface area (Å²) in [5.74, 6) is 0.679. The Morgan fingerprint density at radius 1 is 1.06 bits per heavy atom. The van der Waals surface area contributed by atoms with E-state index in [4.69, 9.17) is 11.6 Å². The summed E-state index contributed by atoms with van der Waals surface area (Å²) in [5, 5.41) is 0.481. The Kier molecular flexibility index (Phi) is 6.44. The highest BCUT2D eigenvalue weighted by molar-refractivity contribution is 6.33. The molecule has 4 rings (SSSR count). The minimum absolute atomic E-state index is 0.0176. The van der Waals surface area contributed by atoms with Gasteiger partial charge < -0.3 is 9.88 Å². The highest BCUT2D eigenvalue weighted by Gasteiger charge is 2.22. The molecule has 0 atom stereocenters. The standard InChI is InChI=1S/C27H30ClN3O2/c1-17-8-11-31(12-9-17)26(33)19-5-6-21(23(28)14-19)20-13-22(25(32)30-16-20)18-7-10-29-24(15-18)27(2,3)4/h5-7,10,13-17H,8-9,11-12H2,1-4H3,(H,30,32). The maximum absolute atomic E-state index is 12.9. The van der Waals surface area contributed by atoms with Crippen molar-refractivity contribution in [1.29, 1.82) is 0 Å². The van der Waals surface area contributed by atoms with Crippen LogP contribution < -0.4 is 5.56 Å². The van der Waals surface area contributed by atoms with Crippen LogP contribution in [0, 0.1) is 5.92 Å². The van der Waals surface area contributed by atoms with Crippen molar-refractivity contribution in [2.75, 3.05) is 13.1 Å². The van der Waals surface area contributed by atoms with E-state index in [0.29, 0.717) is 22.1 Å². The molecule has 1 aromatic carbocycles. The second-order valence-electron chi connectivity index (χ2n) is 9.98. The third-order valence-corrected chi connectivity index (χ3v) is 6.65. The number of benzene rings is 1. The normalized spacial score (nSPS) is 15.0. The van der Waals surface area contributed by atoms with Gasteiger partial charge in [-0.15, -0.1) is 0 Å². The molecule has 33 heavy (non-hydrogen) atoms. The van der Waals surface area contributed by atoms with E-state index >= 15 is 0 Å². The van der Waals surface area contributed by atoms with Gasteiger partial charge in [-0.3, -0.25) is 14.6 Å². The van der Waals surface area contributed by atoms with Gasteiger partial charge in [0, 0.05) is 63.9 Å². The van der Waals surface area contributed by atoms with Crippen LogP contribution in [0.5, 0.6) is 0 Å². The summed E-state index contributed by atoms with van der Waals surface area (Å²) in [6, 6.07) is 11.0. The first kappa shape index (κ1) is 23.2. The lowest BCUT2D eigenvalue weighted by molar-refractivity contribution is 0.0697. The van der Waals surface area contributed by atoms with E-state index in [-0.39, 0.29) is 16.9 Å². The molecule has 1 fully saturated rings. The number of likely N-dealkylation sites (tertiary alicyclic amines) is 1. The first-order chi connectivity index (χ1) is 15.6. The van der Waals surface area contributed by atoms with Gasteiger partial charge in [-0.2, -0.15) is 0 Å². The maximum atomic E-state index is 12.9. The van der Waals surface area contributed by atoms with Crippen molar-refractivity contribution in [1.82, 2.24) is 14.9 Å². The smallest absolute Gasteiger partial charge is 0.255 e. The Morgan fingerprint density at radius 3 is 2.45 bits per heavy atom. The molecule has 1 aliphatic rings. The second kappa shape index (κ2) is 9.14. The van der Waals surface area contributed by atoms with Crippen molar-refractivity contribution >= 4 is 17.5 Å². The first-order valence-corrected chi connectivity index (χ1v) is 11.8. The summed E-state index contributed by atoms with van der Waals surface area (Å²) in [6.45, 7) is 10.1. The number of carbonyl (C=O) groups excluding carboxylic acids is 1. The van der Waals surface area contributed by atoms with Crippen LogP contribution in [0.4, 0.5) is 0 Å². The molecule has 1 saturated heterocycles. The van der Waals surface area contributed by atoms with Gasteiger partial charge in [0.2, 0.25) is 0 Å². The molecule has 0 spiro atoms. The minimum Gasteiger partial charge on any atom is -0.339 e. The molecule has 2 aromatic heterocycles. The molecular formula is C27H30ClN3O2. The number of nitrogens with one attached hydrogen (secondary N) is 1. The third kappa shape index (κ3) is 5.03. The Balaban J connectivity index is 1.65. The van der Waals surface area contributed by atoms with E-state index in [1.165, 1.54) is 0 Å². The van der Waals surface area contributed by atoms with Gasteiger partial charge in [0.1, 0.15) is 0 Å². The largest absolute Gasteiger partial charge is 0.339 e. The van der Waals surface area contributed by atoms with E-state index in [9.17, 15) is 9.59 Å². The van der Waals surface area contributed by atoms with Crippen LogP contribution in [0.25, 0.3) is 22.3 Å². The Hall–Kier alpha value is -2.92. The molecule has 1 N–H and O–H groups in total. The zero-order valence-corrected chi connectivity index (χ0v) is 20.4. The molecule has 0 unspecified atom stereocenters. The topological polar surface area (TPSA) is 66.1 Å². The van der Waals surface area contributed by atoms with E-state index < -0.39 is 0 Å². The molecule has 0 radical (unpaired) electrons. The summed E-state index contributed by atoms with van der Waals surface area (Å²) in [6.07, 6.45) is 5.45. The first-order valence-electron chi connectivity index (χ1n) is 11.4. The number of amides is 1. The molecular weight excluding hydrogens is 434 g/mol. The fourth-order valence-electron chi connectivity index (χ4n) is 4.14. The van der Waals surface area contributed by atoms with Crippen molar-refractivity contribution < 1.29 is 4.79 Å². The van der Waals surface area contributed by atoms with Crippen LogP contribution in [-0.4, -0.2) is 33.9 Å².